The number of benzene rings is 2. The first-order chi connectivity index (χ1) is 12.0. The van der Waals surface area contributed by atoms with E-state index in [0.717, 1.165) is 11.3 Å². The Hall–Kier alpha value is -2.08. The molecule has 1 unspecified atom stereocenters. The summed E-state index contributed by atoms with van der Waals surface area (Å²) in [5.74, 6) is 1.37. The van der Waals surface area contributed by atoms with Crippen molar-refractivity contribution in [3.05, 3.63) is 64.0 Å². The molecule has 0 saturated heterocycles. The normalized spacial score (nSPS) is 12.4. The standard InChI is InChI=1S/C18H17Cl2N3O2/c1-10(2)24-12-8-6-11(7-9-12)16(21)18-22-17(23-25-18)15-13(19)4-3-5-14(15)20/h3-10,16H,21H2,1-2H3. The summed E-state index contributed by atoms with van der Waals surface area (Å²) in [5.41, 5.74) is 7.58. The Labute approximate surface area is 155 Å². The molecule has 0 aliphatic rings. The van der Waals surface area contributed by atoms with Crippen LogP contribution in [0.2, 0.25) is 10.0 Å². The van der Waals surface area contributed by atoms with Crippen LogP contribution in [0.5, 0.6) is 5.75 Å². The molecule has 1 atom stereocenters. The predicted octanol–water partition coefficient (Wildman–Crippen LogP) is 4.88. The van der Waals surface area contributed by atoms with Crippen LogP contribution in [0.3, 0.4) is 0 Å². The lowest BCUT2D eigenvalue weighted by Crippen LogP contribution is -2.12. The fraction of sp³-hybridized carbons (Fsp3) is 0.222. The second kappa shape index (κ2) is 7.44. The summed E-state index contributed by atoms with van der Waals surface area (Å²) in [4.78, 5) is 4.35. The van der Waals surface area contributed by atoms with Crippen molar-refractivity contribution < 1.29 is 9.26 Å². The minimum Gasteiger partial charge on any atom is -0.491 e. The first kappa shape index (κ1) is 17.7. The van der Waals surface area contributed by atoms with Crippen LogP contribution in [0.4, 0.5) is 0 Å². The van der Waals surface area contributed by atoms with Crippen molar-refractivity contribution in [2.75, 3.05) is 0 Å². The van der Waals surface area contributed by atoms with Crippen LogP contribution in [0.25, 0.3) is 11.4 Å². The first-order valence-corrected chi connectivity index (χ1v) is 8.51. The molecule has 2 aromatic carbocycles. The monoisotopic (exact) mass is 377 g/mol. The van der Waals surface area contributed by atoms with E-state index in [0.29, 0.717) is 21.4 Å². The van der Waals surface area contributed by atoms with Crippen molar-refractivity contribution in [1.29, 1.82) is 0 Å². The first-order valence-electron chi connectivity index (χ1n) is 7.76. The van der Waals surface area contributed by atoms with E-state index in [4.69, 9.17) is 38.2 Å². The van der Waals surface area contributed by atoms with Crippen molar-refractivity contribution in [2.45, 2.75) is 26.0 Å². The zero-order chi connectivity index (χ0) is 18.0. The third-order valence-electron chi connectivity index (χ3n) is 3.51. The van der Waals surface area contributed by atoms with Crippen LogP contribution >= 0.6 is 23.2 Å². The number of ether oxygens (including phenoxy) is 1. The molecule has 0 radical (unpaired) electrons. The number of halogens is 2. The number of nitrogens with zero attached hydrogens (tertiary/aromatic N) is 2. The van der Waals surface area contributed by atoms with Gasteiger partial charge in [-0.2, -0.15) is 4.98 Å². The van der Waals surface area contributed by atoms with Crippen molar-refractivity contribution >= 4 is 23.2 Å². The highest BCUT2D eigenvalue weighted by atomic mass is 35.5. The summed E-state index contributed by atoms with van der Waals surface area (Å²) in [6, 6.07) is 12.1. The van der Waals surface area contributed by atoms with Crippen molar-refractivity contribution in [2.24, 2.45) is 5.73 Å². The van der Waals surface area contributed by atoms with Crippen LogP contribution in [0.1, 0.15) is 31.3 Å². The molecular weight excluding hydrogens is 361 g/mol. The predicted molar refractivity (Wildman–Crippen MR) is 98.0 cm³/mol. The number of rotatable bonds is 5. The summed E-state index contributed by atoms with van der Waals surface area (Å²) < 4.78 is 10.9. The molecule has 0 aliphatic carbocycles. The highest BCUT2D eigenvalue weighted by Crippen LogP contribution is 2.33. The number of aromatic nitrogens is 2. The van der Waals surface area contributed by atoms with Crippen molar-refractivity contribution in [1.82, 2.24) is 10.1 Å². The summed E-state index contributed by atoms with van der Waals surface area (Å²) in [6.45, 7) is 3.94. The number of nitrogens with two attached hydrogens (primary N) is 1. The van der Waals surface area contributed by atoms with Gasteiger partial charge in [0.25, 0.3) is 0 Å². The molecule has 5 nitrogen and oxygen atoms in total. The average molecular weight is 378 g/mol. The Morgan fingerprint density at radius 1 is 1.04 bits per heavy atom. The van der Waals surface area contributed by atoms with Gasteiger partial charge in [-0.3, -0.25) is 0 Å². The Balaban J connectivity index is 1.84. The highest BCUT2D eigenvalue weighted by molar-refractivity contribution is 6.38. The Morgan fingerprint density at radius 2 is 1.68 bits per heavy atom. The van der Waals surface area contributed by atoms with E-state index in [2.05, 4.69) is 10.1 Å². The molecule has 25 heavy (non-hydrogen) atoms. The van der Waals surface area contributed by atoms with Gasteiger partial charge >= 0.3 is 0 Å². The fourth-order valence-electron chi connectivity index (χ4n) is 2.34. The Bertz CT molecular complexity index is 843. The second-order valence-corrected chi connectivity index (χ2v) is 6.58. The Kier molecular flexibility index (Phi) is 5.27. The van der Waals surface area contributed by atoms with Crippen molar-refractivity contribution in [3.63, 3.8) is 0 Å². The maximum absolute atomic E-state index is 6.23. The molecule has 130 valence electrons. The van der Waals surface area contributed by atoms with Gasteiger partial charge in [0.1, 0.15) is 11.8 Å². The summed E-state index contributed by atoms with van der Waals surface area (Å²) in [6.07, 6.45) is 0.110. The lowest BCUT2D eigenvalue weighted by molar-refractivity contribution is 0.242. The van der Waals surface area contributed by atoms with Gasteiger partial charge in [-0.25, -0.2) is 0 Å². The van der Waals surface area contributed by atoms with E-state index in [-0.39, 0.29) is 12.0 Å². The molecule has 0 spiro atoms. The lowest BCUT2D eigenvalue weighted by Gasteiger charge is -2.11. The zero-order valence-corrected chi connectivity index (χ0v) is 15.3. The van der Waals surface area contributed by atoms with E-state index in [1.54, 1.807) is 18.2 Å². The van der Waals surface area contributed by atoms with Crippen LogP contribution in [-0.2, 0) is 0 Å². The van der Waals surface area contributed by atoms with Gasteiger partial charge in [-0.15, -0.1) is 0 Å². The lowest BCUT2D eigenvalue weighted by atomic mass is 10.1. The summed E-state index contributed by atoms with van der Waals surface area (Å²) >= 11 is 12.4. The maximum atomic E-state index is 6.23. The van der Waals surface area contributed by atoms with Gasteiger partial charge in [0.15, 0.2) is 0 Å². The summed E-state index contributed by atoms with van der Waals surface area (Å²) in [7, 11) is 0. The van der Waals surface area contributed by atoms with Gasteiger partial charge in [-0.1, -0.05) is 46.6 Å². The van der Waals surface area contributed by atoms with Gasteiger partial charge < -0.3 is 15.0 Å². The molecule has 2 N–H and O–H groups in total. The maximum Gasteiger partial charge on any atom is 0.248 e. The molecule has 3 rings (SSSR count). The zero-order valence-electron chi connectivity index (χ0n) is 13.7. The minimum absolute atomic E-state index is 0.110. The number of hydrogen-bond acceptors (Lipinski definition) is 5. The molecular formula is C18H17Cl2N3O2. The van der Waals surface area contributed by atoms with Crippen molar-refractivity contribution in [3.8, 4) is 17.1 Å². The molecule has 0 saturated carbocycles. The molecule has 3 aromatic rings. The van der Waals surface area contributed by atoms with Gasteiger partial charge in [0.05, 0.1) is 21.7 Å². The third kappa shape index (κ3) is 3.95. The minimum atomic E-state index is -0.560. The quantitative estimate of drug-likeness (QED) is 0.685. The van der Waals surface area contributed by atoms with E-state index in [9.17, 15) is 0 Å². The van der Waals surface area contributed by atoms with E-state index >= 15 is 0 Å². The topological polar surface area (TPSA) is 74.2 Å². The van der Waals surface area contributed by atoms with Gasteiger partial charge in [0.2, 0.25) is 11.7 Å². The largest absolute Gasteiger partial charge is 0.491 e. The highest BCUT2D eigenvalue weighted by Gasteiger charge is 2.20. The summed E-state index contributed by atoms with van der Waals surface area (Å²) in [5, 5.41) is 4.85. The van der Waals surface area contributed by atoms with Gasteiger partial charge in [-0.05, 0) is 43.7 Å². The average Bonchev–Trinajstić information content (AvgIpc) is 3.04. The van der Waals surface area contributed by atoms with Crippen LogP contribution < -0.4 is 10.5 Å². The smallest absolute Gasteiger partial charge is 0.248 e. The van der Waals surface area contributed by atoms with Crippen LogP contribution in [0.15, 0.2) is 47.0 Å². The molecule has 0 amide bonds. The molecule has 0 fully saturated rings. The van der Waals surface area contributed by atoms with Gasteiger partial charge in [0, 0.05) is 0 Å². The number of hydrogen-bond donors (Lipinski definition) is 1. The molecule has 0 bridgehead atoms. The van der Waals surface area contributed by atoms with E-state index < -0.39 is 6.04 Å². The van der Waals surface area contributed by atoms with Crippen LogP contribution in [0, 0.1) is 0 Å². The van der Waals surface area contributed by atoms with E-state index in [1.807, 2.05) is 38.1 Å². The SMILES string of the molecule is CC(C)Oc1ccc(C(N)c2nc(-c3c(Cl)cccc3Cl)no2)cc1. The third-order valence-corrected chi connectivity index (χ3v) is 4.14. The molecule has 7 heteroatoms. The van der Waals surface area contributed by atoms with Crippen LogP contribution in [-0.4, -0.2) is 16.2 Å². The molecule has 1 aromatic heterocycles. The molecule has 1 heterocycles. The fourth-order valence-corrected chi connectivity index (χ4v) is 2.91. The molecule has 0 aliphatic heterocycles. The Morgan fingerprint density at radius 3 is 2.28 bits per heavy atom. The van der Waals surface area contributed by atoms with E-state index in [1.165, 1.54) is 0 Å². The second-order valence-electron chi connectivity index (χ2n) is 5.77.